The molecule has 0 spiro atoms. The molecule has 1 aromatic rings. The molecule has 1 nitrogen and oxygen atoms in total. The summed E-state index contributed by atoms with van der Waals surface area (Å²) in [6.45, 7) is 5.57. The lowest BCUT2D eigenvalue weighted by atomic mass is 10.0. The lowest BCUT2D eigenvalue weighted by molar-refractivity contribution is 0.112. The minimum absolute atomic E-state index is 0.721. The third kappa shape index (κ3) is 3.06. The van der Waals surface area contributed by atoms with Crippen LogP contribution in [-0.4, -0.2) is 6.29 Å². The van der Waals surface area contributed by atoms with E-state index in [0.717, 1.165) is 23.0 Å². The van der Waals surface area contributed by atoms with Gasteiger partial charge in [-0.05, 0) is 18.1 Å². The summed E-state index contributed by atoms with van der Waals surface area (Å²) < 4.78 is 0. The molecule has 0 bridgehead atoms. The third-order valence-corrected chi connectivity index (χ3v) is 2.11. The Bertz CT molecular complexity index is 411. The molecule has 1 aromatic carbocycles. The zero-order valence-corrected chi connectivity index (χ0v) is 8.81. The molecule has 15 heavy (non-hydrogen) atoms. The lowest BCUT2D eigenvalue weighted by Gasteiger charge is -2.03. The summed E-state index contributed by atoms with van der Waals surface area (Å²) in [5.74, 6) is 0. The van der Waals surface area contributed by atoms with Crippen LogP contribution in [0.3, 0.4) is 0 Å². The fraction of sp³-hybridized carbons (Fsp3) is 0.0714. The Hall–Kier alpha value is -1.89. The summed E-state index contributed by atoms with van der Waals surface area (Å²) in [4.78, 5) is 10.8. The first kappa shape index (κ1) is 11.2. The number of hydrogen-bond donors (Lipinski definition) is 0. The molecule has 0 aliphatic heterocycles. The number of carbonyl (C=O) groups is 1. The van der Waals surface area contributed by atoms with E-state index in [1.165, 1.54) is 0 Å². The summed E-state index contributed by atoms with van der Waals surface area (Å²) >= 11 is 0. The van der Waals surface area contributed by atoms with E-state index < -0.39 is 0 Å². The van der Waals surface area contributed by atoms with Gasteiger partial charge in [-0.25, -0.2) is 0 Å². The topological polar surface area (TPSA) is 17.1 Å². The van der Waals surface area contributed by atoms with Gasteiger partial charge >= 0.3 is 0 Å². The first-order valence-corrected chi connectivity index (χ1v) is 4.80. The molecule has 1 heteroatoms. The second kappa shape index (κ2) is 5.76. The van der Waals surface area contributed by atoms with Gasteiger partial charge < -0.3 is 0 Å². The zero-order chi connectivity index (χ0) is 11.1. The maximum absolute atomic E-state index is 10.8. The first-order valence-electron chi connectivity index (χ1n) is 4.80. The van der Waals surface area contributed by atoms with Crippen molar-refractivity contribution < 1.29 is 4.79 Å². The van der Waals surface area contributed by atoms with E-state index in [-0.39, 0.29) is 0 Å². The quantitative estimate of drug-likeness (QED) is 0.533. The fourth-order valence-corrected chi connectivity index (χ4v) is 1.33. The smallest absolute Gasteiger partial charge is 0.150 e. The Labute approximate surface area is 90.4 Å². The Kier molecular flexibility index (Phi) is 4.30. The number of allylic oxidation sites excluding steroid dienone is 5. The molecule has 1 rings (SSSR count). The van der Waals surface area contributed by atoms with Crippen molar-refractivity contribution in [2.75, 3.05) is 0 Å². The highest BCUT2D eigenvalue weighted by Gasteiger charge is 2.00. The van der Waals surface area contributed by atoms with Crippen LogP contribution >= 0.6 is 0 Å². The van der Waals surface area contributed by atoms with Crippen LogP contribution < -0.4 is 0 Å². The van der Waals surface area contributed by atoms with Gasteiger partial charge in [0.2, 0.25) is 0 Å². The Balaban J connectivity index is 3.04. The second-order valence-corrected chi connectivity index (χ2v) is 3.18. The van der Waals surface area contributed by atoms with Crippen molar-refractivity contribution in [3.8, 4) is 0 Å². The largest absolute Gasteiger partial charge is 0.298 e. The molecule has 76 valence electrons. The van der Waals surface area contributed by atoms with Gasteiger partial charge in [-0.15, -0.1) is 0 Å². The van der Waals surface area contributed by atoms with Crippen LogP contribution in [0.1, 0.15) is 22.8 Å². The Morgan fingerprint density at radius 2 is 2.00 bits per heavy atom. The molecule has 0 amide bonds. The van der Waals surface area contributed by atoms with Crippen molar-refractivity contribution in [3.05, 3.63) is 66.3 Å². The molecule has 0 unspecified atom stereocenters. The van der Waals surface area contributed by atoms with Crippen LogP contribution in [-0.2, 0) is 0 Å². The monoisotopic (exact) mass is 198 g/mol. The van der Waals surface area contributed by atoms with Crippen LogP contribution in [0, 0.1) is 0 Å². The van der Waals surface area contributed by atoms with Crippen molar-refractivity contribution in [2.24, 2.45) is 0 Å². The molecule has 0 aliphatic rings. The zero-order valence-electron chi connectivity index (χ0n) is 8.81. The highest BCUT2D eigenvalue weighted by atomic mass is 16.1. The van der Waals surface area contributed by atoms with E-state index in [9.17, 15) is 4.79 Å². The molecule has 0 N–H and O–H groups in total. The van der Waals surface area contributed by atoms with Crippen LogP contribution in [0.4, 0.5) is 0 Å². The normalized spacial score (nSPS) is 11.7. The van der Waals surface area contributed by atoms with E-state index in [4.69, 9.17) is 0 Å². The molecule has 0 aromatic heterocycles. The number of benzene rings is 1. The van der Waals surface area contributed by atoms with Crippen molar-refractivity contribution >= 4 is 11.9 Å². The van der Waals surface area contributed by atoms with Gasteiger partial charge in [0.05, 0.1) is 0 Å². The summed E-state index contributed by atoms with van der Waals surface area (Å²) in [5, 5.41) is 0. The number of carbonyl (C=O) groups excluding carboxylic acids is 1. The van der Waals surface area contributed by atoms with Crippen LogP contribution in [0.2, 0.25) is 0 Å². The highest BCUT2D eigenvalue weighted by Crippen LogP contribution is 2.17. The van der Waals surface area contributed by atoms with Crippen LogP contribution in [0.5, 0.6) is 0 Å². The summed E-state index contributed by atoms with van der Waals surface area (Å²) in [5.41, 5.74) is 2.76. The minimum atomic E-state index is 0.721. The summed E-state index contributed by atoms with van der Waals surface area (Å²) in [6, 6.07) is 7.55. The summed E-state index contributed by atoms with van der Waals surface area (Å²) in [7, 11) is 0. The molecular formula is C14H14O. The minimum Gasteiger partial charge on any atom is -0.298 e. The molecule has 0 radical (unpaired) electrons. The van der Waals surface area contributed by atoms with Crippen LogP contribution in [0.25, 0.3) is 5.57 Å². The van der Waals surface area contributed by atoms with Crippen molar-refractivity contribution in [1.82, 2.24) is 0 Å². The Morgan fingerprint density at radius 1 is 1.27 bits per heavy atom. The van der Waals surface area contributed by atoms with E-state index in [1.807, 2.05) is 49.4 Å². The van der Waals surface area contributed by atoms with Crippen molar-refractivity contribution in [3.63, 3.8) is 0 Å². The summed E-state index contributed by atoms with van der Waals surface area (Å²) in [6.07, 6.45) is 8.32. The van der Waals surface area contributed by atoms with E-state index in [0.29, 0.717) is 0 Å². The number of rotatable bonds is 4. The van der Waals surface area contributed by atoms with Gasteiger partial charge in [-0.1, -0.05) is 55.1 Å². The van der Waals surface area contributed by atoms with Crippen molar-refractivity contribution in [2.45, 2.75) is 6.92 Å². The second-order valence-electron chi connectivity index (χ2n) is 3.18. The maximum Gasteiger partial charge on any atom is 0.150 e. The highest BCUT2D eigenvalue weighted by molar-refractivity contribution is 5.85. The predicted molar refractivity (Wildman–Crippen MR) is 64.8 cm³/mol. The van der Waals surface area contributed by atoms with E-state index in [1.54, 1.807) is 6.08 Å². The molecule has 0 saturated carbocycles. The van der Waals surface area contributed by atoms with E-state index in [2.05, 4.69) is 6.58 Å². The van der Waals surface area contributed by atoms with Gasteiger partial charge in [0.1, 0.15) is 0 Å². The predicted octanol–water partition coefficient (Wildman–Crippen LogP) is 3.64. The van der Waals surface area contributed by atoms with Gasteiger partial charge in [-0.2, -0.15) is 0 Å². The van der Waals surface area contributed by atoms with Gasteiger partial charge in [0, 0.05) is 5.56 Å². The van der Waals surface area contributed by atoms with E-state index >= 15 is 0 Å². The fourth-order valence-electron chi connectivity index (χ4n) is 1.33. The first-order chi connectivity index (χ1) is 7.29. The molecule has 0 atom stereocenters. The standard InChI is InChI=1S/C14H14O/c1-3-4-5-8-12(2)14-10-7-6-9-13(14)11-15/h3-11H,1H2,2H3/b5-4-,12-8+. The average molecular weight is 198 g/mol. The molecule has 0 aliphatic carbocycles. The SMILES string of the molecule is C=C/C=C\C=C(/C)c1ccccc1C=O. The Morgan fingerprint density at radius 3 is 2.67 bits per heavy atom. The van der Waals surface area contributed by atoms with Crippen LogP contribution in [0.15, 0.2) is 55.1 Å². The lowest BCUT2D eigenvalue weighted by Crippen LogP contribution is -1.88. The van der Waals surface area contributed by atoms with Gasteiger partial charge in [-0.3, -0.25) is 4.79 Å². The molecule has 0 fully saturated rings. The average Bonchev–Trinajstić information content (AvgIpc) is 2.29. The number of aldehydes is 1. The number of hydrogen-bond acceptors (Lipinski definition) is 1. The third-order valence-electron chi connectivity index (χ3n) is 2.11. The van der Waals surface area contributed by atoms with Crippen molar-refractivity contribution in [1.29, 1.82) is 0 Å². The van der Waals surface area contributed by atoms with Gasteiger partial charge in [0.25, 0.3) is 0 Å². The molecular weight excluding hydrogens is 184 g/mol. The van der Waals surface area contributed by atoms with Gasteiger partial charge in [0.15, 0.2) is 6.29 Å². The molecule has 0 heterocycles. The maximum atomic E-state index is 10.8. The molecule has 0 saturated heterocycles.